The molecule has 0 fully saturated rings. The average molecular weight is 434 g/mol. The van der Waals surface area contributed by atoms with Crippen molar-refractivity contribution in [1.29, 1.82) is 0 Å². The van der Waals surface area contributed by atoms with Gasteiger partial charge in [0.2, 0.25) is 11.9 Å². The summed E-state index contributed by atoms with van der Waals surface area (Å²) in [5, 5.41) is 14.7. The molecule has 0 spiro atoms. The number of rotatable bonds is 8. The van der Waals surface area contributed by atoms with Crippen molar-refractivity contribution in [3.8, 4) is 0 Å². The largest absolute Gasteiger partial charge is 0.480 e. The topological polar surface area (TPSA) is 117 Å². The molecule has 2 atom stereocenters. The second-order valence-corrected chi connectivity index (χ2v) is 8.54. The lowest BCUT2D eigenvalue weighted by molar-refractivity contribution is -0.143. The van der Waals surface area contributed by atoms with Crippen molar-refractivity contribution in [2.75, 3.05) is 23.5 Å². The Morgan fingerprint density at radius 1 is 1.20 bits per heavy atom. The lowest BCUT2D eigenvalue weighted by Crippen LogP contribution is -2.55. The highest BCUT2D eigenvalue weighted by atomic mass is 32.2. The lowest BCUT2D eigenvalue weighted by Gasteiger charge is -2.24. The van der Waals surface area contributed by atoms with Gasteiger partial charge in [0.05, 0.1) is 11.0 Å². The van der Waals surface area contributed by atoms with Crippen LogP contribution >= 0.6 is 11.8 Å². The third-order valence-corrected chi connectivity index (χ3v) is 5.77. The number of para-hydroxylation sites is 2. The number of thioether (sulfide) groups is 1. The zero-order valence-corrected chi connectivity index (χ0v) is 18.1. The minimum atomic E-state index is -1.10. The number of hydrogen-bond donors (Lipinski definition) is 3. The Morgan fingerprint density at radius 3 is 2.60 bits per heavy atom. The lowest BCUT2D eigenvalue weighted by atomic mass is 10.0. The first-order chi connectivity index (χ1) is 14.3. The van der Waals surface area contributed by atoms with Crippen LogP contribution in [-0.2, 0) is 16.1 Å². The summed E-state index contributed by atoms with van der Waals surface area (Å²) in [6.07, 6.45) is 2.31. The fourth-order valence-electron chi connectivity index (χ4n) is 3.48. The van der Waals surface area contributed by atoms with Gasteiger partial charge in [-0.05, 0) is 36.5 Å². The molecular formula is C20H27N5O4S. The third kappa shape index (κ3) is 4.53. The van der Waals surface area contributed by atoms with Gasteiger partial charge in [-0.1, -0.05) is 26.0 Å². The van der Waals surface area contributed by atoms with Gasteiger partial charge in [0.25, 0.3) is 0 Å². The number of aromatic nitrogens is 2. The molecule has 2 heterocycles. The van der Waals surface area contributed by atoms with Gasteiger partial charge < -0.3 is 20.3 Å². The van der Waals surface area contributed by atoms with Crippen molar-refractivity contribution in [1.82, 2.24) is 20.2 Å². The summed E-state index contributed by atoms with van der Waals surface area (Å²) in [5.41, 5.74) is 1.77. The number of aliphatic carboxylic acids is 1. The van der Waals surface area contributed by atoms with Crippen LogP contribution in [0.5, 0.6) is 0 Å². The first kappa shape index (κ1) is 21.9. The maximum absolute atomic E-state index is 13.0. The predicted octanol–water partition coefficient (Wildman–Crippen LogP) is 1.91. The summed E-state index contributed by atoms with van der Waals surface area (Å²) in [7, 11) is 0. The highest BCUT2D eigenvalue weighted by Crippen LogP contribution is 2.27. The Morgan fingerprint density at radius 2 is 1.93 bits per heavy atom. The second-order valence-electron chi connectivity index (χ2n) is 7.56. The van der Waals surface area contributed by atoms with E-state index in [4.69, 9.17) is 0 Å². The Hall–Kier alpha value is -2.75. The number of imidazole rings is 1. The molecule has 2 unspecified atom stereocenters. The molecule has 0 radical (unpaired) electrons. The van der Waals surface area contributed by atoms with Gasteiger partial charge in [0, 0.05) is 13.1 Å². The van der Waals surface area contributed by atoms with Crippen LogP contribution in [0.3, 0.4) is 0 Å². The van der Waals surface area contributed by atoms with E-state index in [0.717, 1.165) is 11.0 Å². The zero-order chi connectivity index (χ0) is 21.8. The Bertz CT molecular complexity index is 944. The summed E-state index contributed by atoms with van der Waals surface area (Å²) in [6, 6.07) is 5.42. The molecule has 1 aromatic carbocycles. The standard InChI is InChI=1S/C20H27N5O4S/c1-12(2)16(18(27)28)23-17(26)14(8-11-30-3)22-20(29)25-10-9-24-15-7-5-4-6-13(15)21-19(24)25/h4-7,12,14,16H,8-11H2,1-3H3,(H,22,29)(H,23,26)(H,27,28). The minimum Gasteiger partial charge on any atom is -0.480 e. The van der Waals surface area contributed by atoms with Gasteiger partial charge in [-0.3, -0.25) is 9.69 Å². The van der Waals surface area contributed by atoms with E-state index >= 15 is 0 Å². The molecule has 3 rings (SSSR count). The molecule has 0 saturated heterocycles. The van der Waals surface area contributed by atoms with Crippen molar-refractivity contribution in [2.24, 2.45) is 5.92 Å². The number of carbonyl (C=O) groups is 3. The Labute approximate surface area is 179 Å². The van der Waals surface area contributed by atoms with E-state index in [9.17, 15) is 19.5 Å². The fourth-order valence-corrected chi connectivity index (χ4v) is 3.95. The van der Waals surface area contributed by atoms with Gasteiger partial charge in [-0.15, -0.1) is 0 Å². The number of hydrogen-bond acceptors (Lipinski definition) is 5. The van der Waals surface area contributed by atoms with E-state index < -0.39 is 30.0 Å². The van der Waals surface area contributed by atoms with Crippen LogP contribution in [0.1, 0.15) is 20.3 Å². The second kappa shape index (κ2) is 9.38. The van der Waals surface area contributed by atoms with Gasteiger partial charge in [-0.25, -0.2) is 14.6 Å². The van der Waals surface area contributed by atoms with Crippen LogP contribution in [0.25, 0.3) is 11.0 Å². The highest BCUT2D eigenvalue weighted by molar-refractivity contribution is 7.98. The molecule has 3 N–H and O–H groups in total. The summed E-state index contributed by atoms with van der Waals surface area (Å²) >= 11 is 1.55. The van der Waals surface area contributed by atoms with Crippen molar-refractivity contribution in [2.45, 2.75) is 38.9 Å². The van der Waals surface area contributed by atoms with E-state index in [0.29, 0.717) is 31.2 Å². The van der Waals surface area contributed by atoms with Crippen LogP contribution in [0.2, 0.25) is 0 Å². The molecule has 1 aliphatic rings. The monoisotopic (exact) mass is 433 g/mol. The van der Waals surface area contributed by atoms with Gasteiger partial charge >= 0.3 is 12.0 Å². The Kier molecular flexibility index (Phi) is 6.86. The quantitative estimate of drug-likeness (QED) is 0.586. The van der Waals surface area contributed by atoms with E-state index in [1.165, 1.54) is 4.90 Å². The molecule has 2 aromatic rings. The van der Waals surface area contributed by atoms with E-state index in [2.05, 4.69) is 15.6 Å². The molecule has 1 aliphatic heterocycles. The molecule has 1 aromatic heterocycles. The molecule has 10 heteroatoms. The van der Waals surface area contributed by atoms with E-state index in [1.54, 1.807) is 25.6 Å². The Balaban J connectivity index is 1.75. The van der Waals surface area contributed by atoms with Crippen molar-refractivity contribution < 1.29 is 19.5 Å². The van der Waals surface area contributed by atoms with E-state index in [1.807, 2.05) is 35.1 Å². The number of carboxylic acids is 1. The highest BCUT2D eigenvalue weighted by Gasteiger charge is 2.32. The number of carboxylic acid groups (broad SMARTS) is 1. The van der Waals surface area contributed by atoms with Crippen LogP contribution in [0.15, 0.2) is 24.3 Å². The summed E-state index contributed by atoms with van der Waals surface area (Å²) < 4.78 is 1.98. The van der Waals surface area contributed by atoms with Crippen LogP contribution in [-0.4, -0.2) is 63.2 Å². The smallest absolute Gasteiger partial charge is 0.326 e. The van der Waals surface area contributed by atoms with Gasteiger partial charge in [0.15, 0.2) is 0 Å². The first-order valence-electron chi connectivity index (χ1n) is 9.89. The number of urea groups is 1. The number of anilines is 1. The molecule has 9 nitrogen and oxygen atoms in total. The molecule has 162 valence electrons. The number of amides is 3. The number of carbonyl (C=O) groups excluding carboxylic acids is 2. The summed E-state index contributed by atoms with van der Waals surface area (Å²) in [5.74, 6) is -0.672. The van der Waals surface area contributed by atoms with Crippen molar-refractivity contribution >= 4 is 46.7 Å². The predicted molar refractivity (Wildman–Crippen MR) is 117 cm³/mol. The molecule has 30 heavy (non-hydrogen) atoms. The number of nitrogens with zero attached hydrogens (tertiary/aromatic N) is 3. The molecule has 0 aliphatic carbocycles. The third-order valence-electron chi connectivity index (χ3n) is 5.12. The zero-order valence-electron chi connectivity index (χ0n) is 17.3. The fraction of sp³-hybridized carbons (Fsp3) is 0.500. The van der Waals surface area contributed by atoms with Gasteiger partial charge in [0.1, 0.15) is 12.1 Å². The van der Waals surface area contributed by atoms with Crippen molar-refractivity contribution in [3.05, 3.63) is 24.3 Å². The molecule has 3 amide bonds. The molecule has 0 saturated carbocycles. The van der Waals surface area contributed by atoms with Crippen LogP contribution in [0, 0.1) is 5.92 Å². The van der Waals surface area contributed by atoms with Crippen LogP contribution < -0.4 is 15.5 Å². The SMILES string of the molecule is CSCCC(NC(=O)N1CCn2c1nc1ccccc12)C(=O)NC(C(=O)O)C(C)C. The minimum absolute atomic E-state index is 0.276. The number of fused-ring (bicyclic) bond motifs is 3. The summed E-state index contributed by atoms with van der Waals surface area (Å²) in [6.45, 7) is 4.53. The molecular weight excluding hydrogens is 406 g/mol. The maximum Gasteiger partial charge on any atom is 0.326 e. The first-order valence-corrected chi connectivity index (χ1v) is 11.3. The van der Waals surface area contributed by atoms with E-state index in [-0.39, 0.29) is 5.92 Å². The average Bonchev–Trinajstić information content (AvgIpc) is 3.27. The van der Waals surface area contributed by atoms with Gasteiger partial charge in [-0.2, -0.15) is 11.8 Å². The number of benzene rings is 1. The number of nitrogens with one attached hydrogen (secondary N) is 2. The van der Waals surface area contributed by atoms with Crippen molar-refractivity contribution in [3.63, 3.8) is 0 Å². The maximum atomic E-state index is 13.0. The molecule has 0 bridgehead atoms. The van der Waals surface area contributed by atoms with Crippen LogP contribution in [0.4, 0.5) is 10.7 Å². The normalized spacial score (nSPS) is 15.1. The summed E-state index contributed by atoms with van der Waals surface area (Å²) in [4.78, 5) is 43.3.